The largest absolute Gasteiger partial charge is 0.309 e. The van der Waals surface area contributed by atoms with E-state index in [0.717, 1.165) is 34.4 Å². The fraction of sp³-hybridized carbons (Fsp3) is 0.0364. The zero-order valence-corrected chi connectivity index (χ0v) is 33.4. The van der Waals surface area contributed by atoms with Crippen molar-refractivity contribution in [2.75, 3.05) is 0 Å². The molecule has 0 aliphatic heterocycles. The Bertz CT molecular complexity index is 3400. The Morgan fingerprint density at radius 2 is 1.07 bits per heavy atom. The van der Waals surface area contributed by atoms with Crippen molar-refractivity contribution in [1.82, 2.24) is 19.5 Å². The van der Waals surface area contributed by atoms with Crippen molar-refractivity contribution < 1.29 is 0 Å². The topological polar surface area (TPSA) is 43.6 Å². The van der Waals surface area contributed by atoms with E-state index >= 15 is 0 Å². The summed E-state index contributed by atoms with van der Waals surface area (Å²) >= 11 is 1.89. The second-order valence-electron chi connectivity index (χ2n) is 15.5. The summed E-state index contributed by atoms with van der Waals surface area (Å²) in [4.78, 5) is 15.3. The van der Waals surface area contributed by atoms with Crippen LogP contribution in [0.2, 0.25) is 0 Å². The van der Waals surface area contributed by atoms with Crippen LogP contribution in [0.25, 0.3) is 87.1 Å². The number of hydrogen-bond donors (Lipinski definition) is 0. The first-order valence-electron chi connectivity index (χ1n) is 20.5. The maximum absolute atomic E-state index is 5.15. The molecule has 5 heteroatoms. The van der Waals surface area contributed by atoms with Crippen LogP contribution >= 0.6 is 11.3 Å². The second-order valence-corrected chi connectivity index (χ2v) is 16.6. The van der Waals surface area contributed by atoms with Gasteiger partial charge >= 0.3 is 0 Å². The van der Waals surface area contributed by atoms with Gasteiger partial charge in [-0.05, 0) is 82.8 Å². The van der Waals surface area contributed by atoms with Crippen LogP contribution in [0.5, 0.6) is 0 Å². The summed E-state index contributed by atoms with van der Waals surface area (Å²) in [6.45, 7) is 0. The lowest BCUT2D eigenvalue weighted by Crippen LogP contribution is -2.12. The van der Waals surface area contributed by atoms with E-state index in [1.807, 2.05) is 47.7 Å². The van der Waals surface area contributed by atoms with Crippen molar-refractivity contribution in [1.29, 1.82) is 0 Å². The molecule has 0 radical (unpaired) electrons. The summed E-state index contributed by atoms with van der Waals surface area (Å²) in [5.41, 5.74) is 12.8. The lowest BCUT2D eigenvalue weighted by molar-refractivity contribution is 0.814. The van der Waals surface area contributed by atoms with Gasteiger partial charge in [-0.1, -0.05) is 152 Å². The minimum absolute atomic E-state index is 0.145. The first kappa shape index (κ1) is 34.6. The fourth-order valence-electron chi connectivity index (χ4n) is 9.28. The summed E-state index contributed by atoms with van der Waals surface area (Å²) < 4.78 is 5.00. The maximum Gasteiger partial charge on any atom is 0.164 e. The molecule has 0 saturated carbocycles. The van der Waals surface area contributed by atoms with Gasteiger partial charge in [-0.15, -0.1) is 11.3 Å². The van der Waals surface area contributed by atoms with Gasteiger partial charge in [0.05, 0.1) is 11.0 Å². The molecule has 8 aromatic carbocycles. The molecule has 11 aromatic rings. The van der Waals surface area contributed by atoms with Crippen molar-refractivity contribution >= 4 is 58.9 Å². The molecule has 4 nitrogen and oxygen atoms in total. The zero-order chi connectivity index (χ0) is 39.6. The van der Waals surface area contributed by atoms with Crippen LogP contribution in [0.3, 0.4) is 0 Å². The van der Waals surface area contributed by atoms with E-state index in [4.69, 9.17) is 15.0 Å². The first-order chi connectivity index (χ1) is 29.7. The molecule has 3 aromatic heterocycles. The Kier molecular flexibility index (Phi) is 8.13. The van der Waals surface area contributed by atoms with Crippen LogP contribution in [0.15, 0.2) is 200 Å². The van der Waals surface area contributed by atoms with Crippen molar-refractivity contribution in [3.05, 3.63) is 223 Å². The second kappa shape index (κ2) is 14.1. The van der Waals surface area contributed by atoms with Gasteiger partial charge < -0.3 is 4.57 Å². The van der Waals surface area contributed by atoms with E-state index in [0.29, 0.717) is 17.5 Å². The predicted octanol–water partition coefficient (Wildman–Crippen LogP) is 14.3. The smallest absolute Gasteiger partial charge is 0.164 e. The standard InChI is InChI=1S/C55H36N4S/c1-4-16-35(17-5-1)53-56-54(36-18-6-2-7-19-36)58-55(57-53)44-30-29-40(41-22-10-11-23-42(41)44)38-33-46(52-45-25-13-15-27-50(45)60-51(52)34-38)37-28-31-49-47(32-37)43-24-12-14-26-48(43)59(49)39-20-8-3-9-21-39/h1-28,30-34,40H,29H2. The number of nitrogens with zero attached hydrogens (tertiary/aromatic N) is 4. The number of benzene rings is 8. The summed E-state index contributed by atoms with van der Waals surface area (Å²) in [6, 6.07) is 69.6. The van der Waals surface area contributed by atoms with E-state index in [-0.39, 0.29) is 5.92 Å². The number of fused-ring (bicyclic) bond motifs is 7. The van der Waals surface area contributed by atoms with E-state index < -0.39 is 0 Å². The first-order valence-corrected chi connectivity index (χ1v) is 21.3. The minimum Gasteiger partial charge on any atom is -0.309 e. The molecule has 12 rings (SSSR count). The van der Waals surface area contributed by atoms with Gasteiger partial charge in [0.25, 0.3) is 0 Å². The minimum atomic E-state index is 0.145. The van der Waals surface area contributed by atoms with Crippen LogP contribution in [-0.4, -0.2) is 19.5 Å². The normalized spacial score (nSPS) is 13.9. The number of hydrogen-bond acceptors (Lipinski definition) is 4. The zero-order valence-electron chi connectivity index (χ0n) is 32.5. The highest BCUT2D eigenvalue weighted by Crippen LogP contribution is 2.47. The summed E-state index contributed by atoms with van der Waals surface area (Å²) in [7, 11) is 0. The maximum atomic E-state index is 5.15. The van der Waals surface area contributed by atoms with Crippen molar-refractivity contribution in [2.24, 2.45) is 0 Å². The average molecular weight is 785 g/mol. The molecule has 0 amide bonds. The Balaban J connectivity index is 1.03. The molecule has 0 bridgehead atoms. The molecular weight excluding hydrogens is 749 g/mol. The predicted molar refractivity (Wildman–Crippen MR) is 250 cm³/mol. The molecule has 0 spiro atoms. The fourth-order valence-corrected chi connectivity index (χ4v) is 10.5. The summed E-state index contributed by atoms with van der Waals surface area (Å²) in [6.07, 6.45) is 3.17. The summed E-state index contributed by atoms with van der Waals surface area (Å²) in [5, 5.41) is 5.12. The molecule has 0 fully saturated rings. The third kappa shape index (κ3) is 5.70. The van der Waals surface area contributed by atoms with Gasteiger partial charge in [0, 0.05) is 59.3 Å². The molecule has 282 valence electrons. The van der Waals surface area contributed by atoms with E-state index in [2.05, 4.69) is 168 Å². The quantitative estimate of drug-likeness (QED) is 0.169. The molecule has 1 aliphatic carbocycles. The van der Waals surface area contributed by atoms with Crippen LogP contribution in [0.4, 0.5) is 0 Å². The molecule has 1 unspecified atom stereocenters. The van der Waals surface area contributed by atoms with Gasteiger partial charge in [-0.3, -0.25) is 0 Å². The number of thiophene rings is 1. The third-order valence-electron chi connectivity index (χ3n) is 12.0. The highest BCUT2D eigenvalue weighted by Gasteiger charge is 2.27. The Morgan fingerprint density at radius 1 is 0.450 bits per heavy atom. The van der Waals surface area contributed by atoms with Crippen LogP contribution in [-0.2, 0) is 0 Å². The number of allylic oxidation sites excluding steroid dienone is 1. The highest BCUT2D eigenvalue weighted by molar-refractivity contribution is 7.26. The van der Waals surface area contributed by atoms with Crippen LogP contribution in [0, 0.1) is 0 Å². The van der Waals surface area contributed by atoms with E-state index in [1.54, 1.807) is 0 Å². The number of aromatic nitrogens is 4. The van der Waals surface area contributed by atoms with E-state index in [9.17, 15) is 0 Å². The highest BCUT2D eigenvalue weighted by atomic mass is 32.1. The lowest BCUT2D eigenvalue weighted by Gasteiger charge is -2.26. The third-order valence-corrected chi connectivity index (χ3v) is 13.1. The van der Waals surface area contributed by atoms with Crippen molar-refractivity contribution in [3.63, 3.8) is 0 Å². The van der Waals surface area contributed by atoms with Crippen LogP contribution in [0.1, 0.15) is 34.9 Å². The van der Waals surface area contributed by atoms with Gasteiger partial charge in [-0.25, -0.2) is 15.0 Å². The molecule has 1 atom stereocenters. The molecule has 60 heavy (non-hydrogen) atoms. The molecule has 3 heterocycles. The van der Waals surface area contributed by atoms with Gasteiger partial charge in [0.15, 0.2) is 17.5 Å². The molecular formula is C55H36N4S. The Hall–Kier alpha value is -7.47. The SMILES string of the molecule is C1=C(c2nc(-c3ccccc3)nc(-c3ccccc3)n2)c2ccccc2C(c2cc(-c3ccc4c(c3)c3ccccc3n4-c3ccccc3)c3c(c2)sc2ccccc23)C1. The van der Waals surface area contributed by atoms with Gasteiger partial charge in [-0.2, -0.15) is 0 Å². The molecule has 0 saturated heterocycles. The van der Waals surface area contributed by atoms with Gasteiger partial charge in [0.2, 0.25) is 0 Å². The molecule has 1 aliphatic rings. The number of rotatable bonds is 6. The van der Waals surface area contributed by atoms with Crippen molar-refractivity contribution in [3.8, 4) is 39.6 Å². The number of para-hydroxylation sites is 2. The van der Waals surface area contributed by atoms with Gasteiger partial charge in [0.1, 0.15) is 0 Å². The monoisotopic (exact) mass is 784 g/mol. The average Bonchev–Trinajstić information content (AvgIpc) is 3.87. The van der Waals surface area contributed by atoms with Crippen molar-refractivity contribution in [2.45, 2.75) is 12.3 Å². The van der Waals surface area contributed by atoms with E-state index in [1.165, 1.54) is 64.2 Å². The molecule has 0 N–H and O–H groups in total. The summed E-state index contributed by atoms with van der Waals surface area (Å²) in [5.74, 6) is 2.18. The Morgan fingerprint density at radius 3 is 1.83 bits per heavy atom. The lowest BCUT2D eigenvalue weighted by atomic mass is 9.78. The Labute approximate surface area is 351 Å². The van der Waals surface area contributed by atoms with Crippen LogP contribution < -0.4 is 0 Å².